The molecule has 3 amide bonds. The summed E-state index contributed by atoms with van der Waals surface area (Å²) in [5.74, 6) is -0.757. The number of rotatable bonds is 5. The molecule has 0 unspecified atom stereocenters. The van der Waals surface area contributed by atoms with E-state index in [0.29, 0.717) is 11.3 Å². The van der Waals surface area contributed by atoms with Crippen molar-refractivity contribution in [3.63, 3.8) is 0 Å². The second kappa shape index (κ2) is 8.40. The van der Waals surface area contributed by atoms with E-state index in [1.165, 1.54) is 19.3 Å². The fourth-order valence-corrected chi connectivity index (χ4v) is 3.74. The summed E-state index contributed by atoms with van der Waals surface area (Å²) in [6.07, 6.45) is 1.52. The summed E-state index contributed by atoms with van der Waals surface area (Å²) < 4.78 is 5.05. The van der Waals surface area contributed by atoms with Crippen molar-refractivity contribution >= 4 is 40.6 Å². The van der Waals surface area contributed by atoms with E-state index >= 15 is 0 Å². The zero-order valence-corrected chi connectivity index (χ0v) is 17.0. The molecule has 150 valence electrons. The number of nitrogens with one attached hydrogen (secondary N) is 1. The van der Waals surface area contributed by atoms with Gasteiger partial charge in [0.2, 0.25) is 5.91 Å². The lowest BCUT2D eigenvalue weighted by Crippen LogP contribution is -2.36. The van der Waals surface area contributed by atoms with Crippen molar-refractivity contribution < 1.29 is 24.2 Å². The van der Waals surface area contributed by atoms with Crippen molar-refractivity contribution in [2.45, 2.75) is 13.8 Å². The Balaban J connectivity index is 1.74. The summed E-state index contributed by atoms with van der Waals surface area (Å²) in [5, 5.41) is 11.9. The minimum atomic E-state index is -0.538. The van der Waals surface area contributed by atoms with Crippen molar-refractivity contribution in [1.82, 2.24) is 4.90 Å². The van der Waals surface area contributed by atoms with Crippen molar-refractivity contribution in [3.8, 4) is 11.5 Å². The third-order valence-corrected chi connectivity index (χ3v) is 5.33. The fourth-order valence-electron chi connectivity index (χ4n) is 2.91. The summed E-state index contributed by atoms with van der Waals surface area (Å²) >= 11 is 0.764. The molecule has 1 fully saturated rings. The van der Waals surface area contributed by atoms with Gasteiger partial charge in [-0.3, -0.25) is 19.3 Å². The van der Waals surface area contributed by atoms with Crippen LogP contribution in [0.3, 0.4) is 0 Å². The highest BCUT2D eigenvalue weighted by atomic mass is 32.2. The highest BCUT2D eigenvalue weighted by molar-refractivity contribution is 8.18. The number of hydrogen-bond donors (Lipinski definition) is 2. The average molecular weight is 412 g/mol. The first-order valence-corrected chi connectivity index (χ1v) is 9.60. The van der Waals surface area contributed by atoms with Gasteiger partial charge in [0.25, 0.3) is 11.1 Å². The number of ether oxygens (including phenoxy) is 1. The van der Waals surface area contributed by atoms with E-state index in [0.717, 1.165) is 27.8 Å². The van der Waals surface area contributed by atoms with Gasteiger partial charge < -0.3 is 15.2 Å². The van der Waals surface area contributed by atoms with Gasteiger partial charge in [0, 0.05) is 5.69 Å². The number of phenolic OH excluding ortho intramolecular Hbond substituents is 1. The Bertz CT molecular complexity index is 1010. The molecule has 1 aliphatic heterocycles. The number of aryl methyl sites for hydroxylation is 2. The lowest BCUT2D eigenvalue weighted by atomic mass is 10.1. The molecule has 2 aromatic carbocycles. The largest absolute Gasteiger partial charge is 0.504 e. The standard InChI is InChI=1S/C21H20N2O5S/c1-12-5-4-6-13(2)19(12)22-18(25)11-23-20(26)17(29-21(23)27)10-14-7-8-15(24)16(9-14)28-3/h4-10,24H,11H2,1-3H3,(H,22,25)/b17-10+. The number of carbonyl (C=O) groups is 3. The number of imide groups is 1. The van der Waals surface area contributed by atoms with E-state index in [9.17, 15) is 19.5 Å². The van der Waals surface area contributed by atoms with Gasteiger partial charge in [-0.25, -0.2) is 0 Å². The Hall–Kier alpha value is -3.26. The molecule has 1 aliphatic rings. The zero-order valence-electron chi connectivity index (χ0n) is 16.2. The maximum atomic E-state index is 12.6. The summed E-state index contributed by atoms with van der Waals surface area (Å²) in [5.41, 5.74) is 3.06. The molecule has 8 heteroatoms. The van der Waals surface area contributed by atoms with Crippen LogP contribution < -0.4 is 10.1 Å². The van der Waals surface area contributed by atoms with Gasteiger partial charge in [0.15, 0.2) is 11.5 Å². The average Bonchev–Trinajstić information content (AvgIpc) is 2.93. The van der Waals surface area contributed by atoms with E-state index in [4.69, 9.17) is 4.74 Å². The topological polar surface area (TPSA) is 95.9 Å². The van der Waals surface area contributed by atoms with Crippen molar-refractivity contribution in [2.75, 3.05) is 19.0 Å². The molecule has 1 heterocycles. The number of anilines is 1. The molecule has 0 atom stereocenters. The minimum absolute atomic E-state index is 0.0269. The molecule has 7 nitrogen and oxygen atoms in total. The Morgan fingerprint density at radius 1 is 1.21 bits per heavy atom. The lowest BCUT2D eigenvalue weighted by Gasteiger charge is -2.15. The molecule has 0 spiro atoms. The van der Waals surface area contributed by atoms with Crippen LogP contribution in [0.25, 0.3) is 6.08 Å². The number of phenols is 1. The van der Waals surface area contributed by atoms with Crippen LogP contribution in [-0.4, -0.2) is 40.7 Å². The third kappa shape index (κ3) is 4.43. The SMILES string of the molecule is COc1cc(/C=C2/SC(=O)N(CC(=O)Nc3c(C)cccc3C)C2=O)ccc1O. The molecule has 1 saturated heterocycles. The number of aromatic hydroxyl groups is 1. The van der Waals surface area contributed by atoms with E-state index in [1.54, 1.807) is 12.1 Å². The van der Waals surface area contributed by atoms with E-state index in [1.807, 2.05) is 32.0 Å². The highest BCUT2D eigenvalue weighted by Crippen LogP contribution is 2.34. The maximum Gasteiger partial charge on any atom is 0.294 e. The predicted octanol–water partition coefficient (Wildman–Crippen LogP) is 3.69. The molecule has 0 bridgehead atoms. The molecule has 3 rings (SSSR count). The van der Waals surface area contributed by atoms with E-state index in [2.05, 4.69) is 5.32 Å². The molecule has 0 aromatic heterocycles. The lowest BCUT2D eigenvalue weighted by molar-refractivity contribution is -0.127. The van der Waals surface area contributed by atoms with Crippen LogP contribution in [0, 0.1) is 13.8 Å². The Morgan fingerprint density at radius 3 is 2.55 bits per heavy atom. The van der Waals surface area contributed by atoms with E-state index in [-0.39, 0.29) is 22.9 Å². The predicted molar refractivity (Wildman–Crippen MR) is 112 cm³/mol. The number of nitrogens with zero attached hydrogens (tertiary/aromatic N) is 1. The highest BCUT2D eigenvalue weighted by Gasteiger charge is 2.36. The molecule has 0 radical (unpaired) electrons. The Kier molecular flexibility index (Phi) is 5.93. The van der Waals surface area contributed by atoms with Crippen molar-refractivity contribution in [2.24, 2.45) is 0 Å². The van der Waals surface area contributed by atoms with Gasteiger partial charge >= 0.3 is 0 Å². The van der Waals surface area contributed by atoms with E-state index < -0.39 is 17.1 Å². The fraction of sp³-hybridized carbons (Fsp3) is 0.190. The van der Waals surface area contributed by atoms with Crippen LogP contribution in [-0.2, 0) is 9.59 Å². The summed E-state index contributed by atoms with van der Waals surface area (Å²) in [6, 6.07) is 10.2. The summed E-state index contributed by atoms with van der Waals surface area (Å²) in [4.78, 5) is 38.4. The molecule has 2 aromatic rings. The number of amides is 3. The van der Waals surface area contributed by atoms with Crippen LogP contribution >= 0.6 is 11.8 Å². The first-order valence-electron chi connectivity index (χ1n) is 8.78. The Morgan fingerprint density at radius 2 is 1.90 bits per heavy atom. The van der Waals surface area contributed by atoms with Gasteiger partial charge in [-0.05, 0) is 60.5 Å². The van der Waals surface area contributed by atoms with Crippen LogP contribution in [0.15, 0.2) is 41.3 Å². The second-order valence-corrected chi connectivity index (χ2v) is 7.51. The van der Waals surface area contributed by atoms with Gasteiger partial charge in [0.1, 0.15) is 6.54 Å². The van der Waals surface area contributed by atoms with Crippen molar-refractivity contribution in [3.05, 3.63) is 58.0 Å². The first kappa shape index (κ1) is 20.5. The number of carbonyl (C=O) groups excluding carboxylic acids is 3. The summed E-state index contributed by atoms with van der Waals surface area (Å²) in [6.45, 7) is 3.38. The second-order valence-electron chi connectivity index (χ2n) is 6.51. The van der Waals surface area contributed by atoms with Gasteiger partial charge in [0.05, 0.1) is 12.0 Å². The third-order valence-electron chi connectivity index (χ3n) is 4.42. The maximum absolute atomic E-state index is 12.6. The minimum Gasteiger partial charge on any atom is -0.504 e. The smallest absolute Gasteiger partial charge is 0.294 e. The Labute approximate surface area is 172 Å². The zero-order chi connectivity index (χ0) is 21.1. The van der Waals surface area contributed by atoms with Crippen LogP contribution in [0.4, 0.5) is 10.5 Å². The number of hydrogen-bond acceptors (Lipinski definition) is 6. The molecular formula is C21H20N2O5S. The number of methoxy groups -OCH3 is 1. The van der Waals surface area contributed by atoms with Gasteiger partial charge in [-0.2, -0.15) is 0 Å². The van der Waals surface area contributed by atoms with Gasteiger partial charge in [-0.1, -0.05) is 24.3 Å². The first-order chi connectivity index (χ1) is 13.8. The van der Waals surface area contributed by atoms with Gasteiger partial charge in [-0.15, -0.1) is 0 Å². The van der Waals surface area contributed by atoms with Crippen LogP contribution in [0.5, 0.6) is 11.5 Å². The molecule has 29 heavy (non-hydrogen) atoms. The number of benzene rings is 2. The van der Waals surface area contributed by atoms with Crippen molar-refractivity contribution in [1.29, 1.82) is 0 Å². The van der Waals surface area contributed by atoms with Crippen LogP contribution in [0.2, 0.25) is 0 Å². The number of para-hydroxylation sites is 1. The normalized spacial score (nSPS) is 15.1. The molecule has 0 saturated carbocycles. The monoisotopic (exact) mass is 412 g/mol. The quantitative estimate of drug-likeness (QED) is 0.727. The van der Waals surface area contributed by atoms with Crippen LogP contribution in [0.1, 0.15) is 16.7 Å². The molecule has 2 N–H and O–H groups in total. The molecular weight excluding hydrogens is 392 g/mol. The molecule has 0 aliphatic carbocycles. The number of thioether (sulfide) groups is 1. The summed E-state index contributed by atoms with van der Waals surface area (Å²) in [7, 11) is 1.42.